The van der Waals surface area contributed by atoms with Crippen molar-refractivity contribution < 1.29 is 27.9 Å². The minimum Gasteiger partial charge on any atom is -0.480 e. The van der Waals surface area contributed by atoms with Crippen molar-refractivity contribution in [2.24, 2.45) is 0 Å². The molecule has 0 spiro atoms. The Morgan fingerprint density at radius 3 is 2.48 bits per heavy atom. The van der Waals surface area contributed by atoms with Crippen molar-refractivity contribution in [2.75, 3.05) is 32.6 Å². The first-order valence-electron chi connectivity index (χ1n) is 6.71. The number of nitrogens with zero attached hydrogens (tertiary/aromatic N) is 1. The molecule has 0 saturated carbocycles. The van der Waals surface area contributed by atoms with Crippen molar-refractivity contribution in [3.63, 3.8) is 0 Å². The van der Waals surface area contributed by atoms with Gasteiger partial charge >= 0.3 is 5.97 Å². The Hall–Kier alpha value is -1.19. The Morgan fingerprint density at radius 2 is 2.00 bits per heavy atom. The van der Waals surface area contributed by atoms with E-state index in [1.165, 1.54) is 7.11 Å². The summed E-state index contributed by atoms with van der Waals surface area (Å²) in [6.45, 7) is 2.97. The average molecular weight is 324 g/mol. The van der Waals surface area contributed by atoms with Crippen LogP contribution in [-0.4, -0.2) is 68.9 Å². The lowest BCUT2D eigenvalue weighted by molar-refractivity contribution is -0.145. The molecule has 124 valence electrons. The predicted octanol–water partition coefficient (Wildman–Crippen LogP) is -0.346. The number of carboxylic acids is 1. The largest absolute Gasteiger partial charge is 0.480 e. The highest BCUT2D eigenvalue weighted by Gasteiger charge is 2.22. The summed E-state index contributed by atoms with van der Waals surface area (Å²) in [6.07, 6.45) is 0.907. The van der Waals surface area contributed by atoms with Crippen LogP contribution >= 0.6 is 0 Å². The van der Waals surface area contributed by atoms with Gasteiger partial charge in [0, 0.05) is 19.8 Å². The van der Waals surface area contributed by atoms with Crippen LogP contribution in [0.15, 0.2) is 0 Å². The lowest BCUT2D eigenvalue weighted by Crippen LogP contribution is -2.47. The average Bonchev–Trinajstić information content (AvgIpc) is 2.41. The molecule has 1 atom stereocenters. The van der Waals surface area contributed by atoms with Gasteiger partial charge in [-0.25, -0.2) is 13.1 Å². The maximum atomic E-state index is 12.0. The third-order valence-electron chi connectivity index (χ3n) is 2.95. The molecule has 0 aromatic rings. The molecule has 0 radical (unpaired) electrons. The second-order valence-electron chi connectivity index (χ2n) is 4.66. The normalized spacial score (nSPS) is 12.9. The van der Waals surface area contributed by atoms with Gasteiger partial charge in [0.15, 0.2) is 0 Å². The molecule has 2 N–H and O–H groups in total. The fourth-order valence-electron chi connectivity index (χ4n) is 1.59. The first-order valence-corrected chi connectivity index (χ1v) is 8.36. The van der Waals surface area contributed by atoms with Crippen LogP contribution in [0.2, 0.25) is 0 Å². The summed E-state index contributed by atoms with van der Waals surface area (Å²) in [5.74, 6) is -1.83. The summed E-state index contributed by atoms with van der Waals surface area (Å²) in [4.78, 5) is 23.9. The van der Waals surface area contributed by atoms with Crippen LogP contribution in [0, 0.1) is 0 Å². The summed E-state index contributed by atoms with van der Waals surface area (Å²) in [7, 11) is -2.10. The lowest BCUT2D eigenvalue weighted by atomic mass is 10.2. The van der Waals surface area contributed by atoms with Gasteiger partial charge in [0.2, 0.25) is 15.9 Å². The monoisotopic (exact) mass is 324 g/mol. The van der Waals surface area contributed by atoms with E-state index in [2.05, 4.69) is 4.72 Å². The molecule has 0 aromatic carbocycles. The number of amides is 1. The van der Waals surface area contributed by atoms with E-state index in [-0.39, 0.29) is 11.8 Å². The van der Waals surface area contributed by atoms with Gasteiger partial charge in [-0.2, -0.15) is 0 Å². The molecule has 0 aromatic heterocycles. The Balaban J connectivity index is 4.51. The van der Waals surface area contributed by atoms with Gasteiger partial charge in [-0.15, -0.1) is 0 Å². The quantitative estimate of drug-likeness (QED) is 0.502. The fraction of sp³-hybridized carbons (Fsp3) is 0.833. The van der Waals surface area contributed by atoms with E-state index in [0.717, 1.165) is 4.90 Å². The van der Waals surface area contributed by atoms with E-state index in [0.29, 0.717) is 19.4 Å². The zero-order valence-corrected chi connectivity index (χ0v) is 13.5. The zero-order chi connectivity index (χ0) is 16.5. The van der Waals surface area contributed by atoms with Crippen molar-refractivity contribution in [1.82, 2.24) is 9.62 Å². The number of sulfonamides is 1. The maximum Gasteiger partial charge on any atom is 0.323 e. The standard InChI is InChI=1S/C12H24N2O6S/c1-4-10(2)14(9-12(16)17)11(15)8-13-21(18,19)7-5-6-20-3/h10,13H,4-9H2,1-3H3,(H,16,17). The van der Waals surface area contributed by atoms with Crippen LogP contribution in [0.1, 0.15) is 26.7 Å². The number of ether oxygens (including phenoxy) is 1. The predicted molar refractivity (Wildman–Crippen MR) is 77.4 cm³/mol. The van der Waals surface area contributed by atoms with Gasteiger partial charge in [0.05, 0.1) is 12.3 Å². The molecular formula is C12H24N2O6S. The van der Waals surface area contributed by atoms with Crippen LogP contribution in [0.5, 0.6) is 0 Å². The molecule has 0 rings (SSSR count). The van der Waals surface area contributed by atoms with Crippen LogP contribution in [-0.2, 0) is 24.3 Å². The highest BCUT2D eigenvalue weighted by molar-refractivity contribution is 7.89. The molecule has 0 heterocycles. The van der Waals surface area contributed by atoms with Crippen molar-refractivity contribution >= 4 is 21.9 Å². The molecule has 0 aliphatic carbocycles. The zero-order valence-electron chi connectivity index (χ0n) is 12.7. The molecule has 1 amide bonds. The molecule has 21 heavy (non-hydrogen) atoms. The smallest absolute Gasteiger partial charge is 0.323 e. The van der Waals surface area contributed by atoms with E-state index in [9.17, 15) is 18.0 Å². The Morgan fingerprint density at radius 1 is 1.38 bits per heavy atom. The number of hydrogen-bond donors (Lipinski definition) is 2. The molecule has 0 bridgehead atoms. The first-order chi connectivity index (χ1) is 9.73. The molecule has 9 heteroatoms. The lowest BCUT2D eigenvalue weighted by Gasteiger charge is -2.27. The van der Waals surface area contributed by atoms with Gasteiger partial charge < -0.3 is 14.7 Å². The number of hydrogen-bond acceptors (Lipinski definition) is 5. The Bertz CT molecular complexity index is 437. The van der Waals surface area contributed by atoms with Crippen molar-refractivity contribution in [3.8, 4) is 0 Å². The topological polar surface area (TPSA) is 113 Å². The number of aliphatic carboxylic acids is 1. The van der Waals surface area contributed by atoms with E-state index in [1.807, 2.05) is 6.92 Å². The molecular weight excluding hydrogens is 300 g/mol. The molecule has 8 nitrogen and oxygen atoms in total. The molecule has 0 fully saturated rings. The molecule has 1 unspecified atom stereocenters. The minimum absolute atomic E-state index is 0.142. The van der Waals surface area contributed by atoms with Crippen LogP contribution in [0.25, 0.3) is 0 Å². The Kier molecular flexibility index (Phi) is 9.14. The van der Waals surface area contributed by atoms with E-state index in [1.54, 1.807) is 6.92 Å². The maximum absolute atomic E-state index is 12.0. The number of carbonyl (C=O) groups excluding carboxylic acids is 1. The molecule has 0 saturated heterocycles. The number of rotatable bonds is 11. The van der Waals surface area contributed by atoms with E-state index < -0.39 is 35.0 Å². The summed E-state index contributed by atoms with van der Waals surface area (Å²) in [5.41, 5.74) is 0. The molecule has 0 aliphatic heterocycles. The highest BCUT2D eigenvalue weighted by atomic mass is 32.2. The summed E-state index contributed by atoms with van der Waals surface area (Å²) >= 11 is 0. The summed E-state index contributed by atoms with van der Waals surface area (Å²) in [6, 6.07) is -0.272. The second-order valence-corrected chi connectivity index (χ2v) is 6.59. The molecule has 0 aliphatic rings. The second kappa shape index (κ2) is 9.69. The van der Waals surface area contributed by atoms with Crippen LogP contribution in [0.3, 0.4) is 0 Å². The summed E-state index contributed by atoms with van der Waals surface area (Å²) in [5, 5.41) is 8.80. The number of methoxy groups -OCH3 is 1. The minimum atomic E-state index is -3.57. The summed E-state index contributed by atoms with van der Waals surface area (Å²) < 4.78 is 30.2. The highest BCUT2D eigenvalue weighted by Crippen LogP contribution is 2.04. The SMILES string of the molecule is CCC(C)N(CC(=O)O)C(=O)CNS(=O)(=O)CCCOC. The van der Waals surface area contributed by atoms with Crippen molar-refractivity contribution in [1.29, 1.82) is 0 Å². The van der Waals surface area contributed by atoms with Crippen molar-refractivity contribution in [3.05, 3.63) is 0 Å². The third-order valence-corrected chi connectivity index (χ3v) is 4.36. The first kappa shape index (κ1) is 19.8. The number of carboxylic acid groups (broad SMARTS) is 1. The number of carbonyl (C=O) groups is 2. The van der Waals surface area contributed by atoms with Crippen molar-refractivity contribution in [2.45, 2.75) is 32.7 Å². The van der Waals surface area contributed by atoms with Gasteiger partial charge in [0.1, 0.15) is 6.54 Å². The Labute approximate surface area is 125 Å². The number of nitrogens with one attached hydrogen (secondary N) is 1. The van der Waals surface area contributed by atoms with E-state index >= 15 is 0 Å². The third kappa shape index (κ3) is 8.64. The van der Waals surface area contributed by atoms with Gasteiger partial charge in [-0.1, -0.05) is 6.92 Å². The van der Waals surface area contributed by atoms with Gasteiger partial charge in [0.25, 0.3) is 0 Å². The fourth-order valence-corrected chi connectivity index (χ4v) is 2.58. The van der Waals surface area contributed by atoms with Crippen LogP contribution < -0.4 is 4.72 Å². The van der Waals surface area contributed by atoms with Gasteiger partial charge in [-0.05, 0) is 19.8 Å². The van der Waals surface area contributed by atoms with Crippen LogP contribution in [0.4, 0.5) is 0 Å². The van der Waals surface area contributed by atoms with E-state index in [4.69, 9.17) is 9.84 Å². The van der Waals surface area contributed by atoms with Gasteiger partial charge in [-0.3, -0.25) is 9.59 Å².